The number of nitrogens with zero attached hydrogens (tertiary/aromatic N) is 1. The number of hydrogen-bond acceptors (Lipinski definition) is 5. The lowest BCUT2D eigenvalue weighted by molar-refractivity contribution is -0.124. The molecule has 1 aromatic rings. The summed E-state index contributed by atoms with van der Waals surface area (Å²) in [5, 5.41) is 2.79. The summed E-state index contributed by atoms with van der Waals surface area (Å²) in [7, 11) is -0.261. The van der Waals surface area contributed by atoms with Crippen LogP contribution in [0, 0.1) is 0 Å². The average molecular weight is 342 g/mol. The topological polar surface area (TPSA) is 84.9 Å². The summed E-state index contributed by atoms with van der Waals surface area (Å²) in [5.41, 5.74) is 0.797. The molecule has 1 N–H and O–H groups in total. The monoisotopic (exact) mass is 342 g/mol. The maximum Gasteiger partial charge on any atom is 0.238 e. The minimum absolute atomic E-state index is 0.264. The highest BCUT2D eigenvalue weighted by molar-refractivity contribution is 7.88. The zero-order valence-corrected chi connectivity index (χ0v) is 14.4. The number of rotatable bonds is 6. The minimum atomic E-state index is -3.37. The number of carbonyl (C=O) groups excluding carboxylic acids is 1. The Kier molecular flexibility index (Phi) is 5.48. The molecule has 1 aromatic carbocycles. The van der Waals surface area contributed by atoms with E-state index in [1.807, 2.05) is 0 Å². The van der Waals surface area contributed by atoms with E-state index in [-0.39, 0.29) is 12.5 Å². The van der Waals surface area contributed by atoms with Gasteiger partial charge in [0.25, 0.3) is 0 Å². The second kappa shape index (κ2) is 7.18. The number of benzene rings is 1. The average Bonchev–Trinajstić information content (AvgIpc) is 3.02. The molecule has 7 nitrogen and oxygen atoms in total. The number of sulfonamides is 1. The lowest BCUT2D eigenvalue weighted by Gasteiger charge is -2.21. The molecular formula is C15H22N2O5S. The molecule has 1 aliphatic heterocycles. The highest BCUT2D eigenvalue weighted by Gasteiger charge is 2.36. The third-order valence-corrected chi connectivity index (χ3v) is 5.17. The molecule has 128 valence electrons. The van der Waals surface area contributed by atoms with Gasteiger partial charge in [0.15, 0.2) is 0 Å². The third kappa shape index (κ3) is 4.14. The van der Waals surface area contributed by atoms with E-state index >= 15 is 0 Å². The highest BCUT2D eigenvalue weighted by Crippen LogP contribution is 2.25. The van der Waals surface area contributed by atoms with Crippen LogP contribution in [-0.2, 0) is 21.4 Å². The van der Waals surface area contributed by atoms with E-state index in [0.717, 1.165) is 11.8 Å². The molecule has 0 spiro atoms. The van der Waals surface area contributed by atoms with Crippen molar-refractivity contribution in [2.45, 2.75) is 25.4 Å². The first kappa shape index (κ1) is 17.6. The van der Waals surface area contributed by atoms with E-state index in [9.17, 15) is 13.2 Å². The zero-order chi connectivity index (χ0) is 17.0. The SMILES string of the molecule is COc1ccc(CNC(=O)[C@@H]2CCCN2S(C)(=O)=O)c(OC)c1. The molecule has 1 atom stereocenters. The van der Waals surface area contributed by atoms with Crippen molar-refractivity contribution in [3.63, 3.8) is 0 Å². The van der Waals surface area contributed by atoms with Crippen molar-refractivity contribution in [1.29, 1.82) is 0 Å². The predicted octanol–water partition coefficient (Wildman–Crippen LogP) is 0.744. The van der Waals surface area contributed by atoms with Crippen molar-refractivity contribution in [2.24, 2.45) is 0 Å². The molecule has 0 radical (unpaired) electrons. The number of carbonyl (C=O) groups is 1. The fourth-order valence-corrected chi connectivity index (χ4v) is 3.82. The number of nitrogens with one attached hydrogen (secondary N) is 1. The Labute approximate surface area is 136 Å². The van der Waals surface area contributed by atoms with Crippen LogP contribution < -0.4 is 14.8 Å². The molecule has 1 aliphatic rings. The van der Waals surface area contributed by atoms with Gasteiger partial charge in [-0.05, 0) is 25.0 Å². The quantitative estimate of drug-likeness (QED) is 0.824. The van der Waals surface area contributed by atoms with Crippen LogP contribution in [-0.4, -0.2) is 51.7 Å². The first-order valence-corrected chi connectivity index (χ1v) is 9.17. The Balaban J connectivity index is 2.05. The largest absolute Gasteiger partial charge is 0.497 e. The van der Waals surface area contributed by atoms with Crippen molar-refractivity contribution < 1.29 is 22.7 Å². The second-order valence-electron chi connectivity index (χ2n) is 5.43. The van der Waals surface area contributed by atoms with E-state index < -0.39 is 16.1 Å². The molecule has 1 saturated heterocycles. The van der Waals surface area contributed by atoms with Gasteiger partial charge < -0.3 is 14.8 Å². The van der Waals surface area contributed by atoms with Crippen molar-refractivity contribution in [2.75, 3.05) is 27.0 Å². The molecule has 2 rings (SSSR count). The van der Waals surface area contributed by atoms with Gasteiger partial charge in [-0.25, -0.2) is 8.42 Å². The summed E-state index contributed by atoms with van der Waals surface area (Å²) in [6, 6.07) is 4.69. The van der Waals surface area contributed by atoms with Crippen molar-refractivity contribution >= 4 is 15.9 Å². The molecule has 1 fully saturated rings. The third-order valence-electron chi connectivity index (χ3n) is 3.88. The molecule has 0 bridgehead atoms. The Bertz CT molecular complexity index is 674. The maximum atomic E-state index is 12.3. The lowest BCUT2D eigenvalue weighted by Crippen LogP contribution is -2.45. The van der Waals surface area contributed by atoms with Crippen molar-refractivity contribution in [1.82, 2.24) is 9.62 Å². The number of methoxy groups -OCH3 is 2. The van der Waals surface area contributed by atoms with Crippen LogP contribution in [0.4, 0.5) is 0 Å². The Morgan fingerprint density at radius 3 is 2.70 bits per heavy atom. The van der Waals surface area contributed by atoms with Crippen LogP contribution in [0.5, 0.6) is 11.5 Å². The van der Waals surface area contributed by atoms with Gasteiger partial charge in [0.05, 0.1) is 20.5 Å². The van der Waals surface area contributed by atoms with Crippen LogP contribution >= 0.6 is 0 Å². The van der Waals surface area contributed by atoms with Gasteiger partial charge in [-0.3, -0.25) is 4.79 Å². The summed E-state index contributed by atoms with van der Waals surface area (Å²) in [6.07, 6.45) is 2.36. The molecule has 0 saturated carbocycles. The second-order valence-corrected chi connectivity index (χ2v) is 7.36. The molecule has 0 unspecified atom stereocenters. The number of ether oxygens (including phenoxy) is 2. The van der Waals surface area contributed by atoms with Crippen LogP contribution in [0.15, 0.2) is 18.2 Å². The molecule has 1 heterocycles. The summed E-state index contributed by atoms with van der Waals surface area (Å²) in [5.74, 6) is 0.984. The van der Waals surface area contributed by atoms with E-state index in [1.54, 1.807) is 32.4 Å². The Morgan fingerprint density at radius 2 is 2.09 bits per heavy atom. The fraction of sp³-hybridized carbons (Fsp3) is 0.533. The first-order valence-electron chi connectivity index (χ1n) is 7.32. The normalized spacial score (nSPS) is 18.7. The Morgan fingerprint density at radius 1 is 1.35 bits per heavy atom. The standard InChI is InChI=1S/C15H22N2O5S/c1-21-12-7-6-11(14(9-12)22-2)10-16-15(18)13-5-4-8-17(13)23(3,19)20/h6-7,9,13H,4-5,8,10H2,1-3H3,(H,16,18)/t13-/m0/s1. The summed E-state index contributed by atoms with van der Waals surface area (Å²) < 4.78 is 35.1. The predicted molar refractivity (Wildman–Crippen MR) is 86.0 cm³/mol. The summed E-state index contributed by atoms with van der Waals surface area (Å²) >= 11 is 0. The van der Waals surface area contributed by atoms with Crippen LogP contribution in [0.25, 0.3) is 0 Å². The molecule has 1 amide bonds. The molecule has 23 heavy (non-hydrogen) atoms. The van der Waals surface area contributed by atoms with Gasteiger partial charge >= 0.3 is 0 Å². The van der Waals surface area contributed by atoms with Gasteiger partial charge in [-0.2, -0.15) is 4.31 Å². The van der Waals surface area contributed by atoms with E-state index in [1.165, 1.54) is 4.31 Å². The van der Waals surface area contributed by atoms with Crippen LogP contribution in [0.1, 0.15) is 18.4 Å². The van der Waals surface area contributed by atoms with E-state index in [0.29, 0.717) is 30.9 Å². The minimum Gasteiger partial charge on any atom is -0.497 e. The van der Waals surface area contributed by atoms with Gasteiger partial charge in [-0.1, -0.05) is 0 Å². The Hall–Kier alpha value is -1.80. The molecule has 8 heteroatoms. The maximum absolute atomic E-state index is 12.3. The summed E-state index contributed by atoms with van der Waals surface area (Å²) in [4.78, 5) is 12.3. The first-order chi connectivity index (χ1) is 10.9. The van der Waals surface area contributed by atoms with Crippen molar-refractivity contribution in [3.8, 4) is 11.5 Å². The van der Waals surface area contributed by atoms with Gasteiger partial charge in [0.2, 0.25) is 15.9 Å². The highest BCUT2D eigenvalue weighted by atomic mass is 32.2. The van der Waals surface area contributed by atoms with Crippen LogP contribution in [0.2, 0.25) is 0 Å². The van der Waals surface area contributed by atoms with Crippen molar-refractivity contribution in [3.05, 3.63) is 23.8 Å². The summed E-state index contributed by atoms with van der Waals surface area (Å²) in [6.45, 7) is 0.656. The molecule has 0 aliphatic carbocycles. The fourth-order valence-electron chi connectivity index (χ4n) is 2.70. The number of amides is 1. The molecular weight excluding hydrogens is 320 g/mol. The van der Waals surface area contributed by atoms with Crippen LogP contribution in [0.3, 0.4) is 0 Å². The lowest BCUT2D eigenvalue weighted by atomic mass is 10.1. The van der Waals surface area contributed by atoms with Gasteiger partial charge in [-0.15, -0.1) is 0 Å². The smallest absolute Gasteiger partial charge is 0.238 e. The molecule has 0 aromatic heterocycles. The number of hydrogen-bond donors (Lipinski definition) is 1. The van der Waals surface area contributed by atoms with E-state index in [4.69, 9.17) is 9.47 Å². The van der Waals surface area contributed by atoms with Gasteiger partial charge in [0, 0.05) is 24.7 Å². The van der Waals surface area contributed by atoms with Gasteiger partial charge in [0.1, 0.15) is 17.5 Å². The zero-order valence-electron chi connectivity index (χ0n) is 13.5. The van der Waals surface area contributed by atoms with E-state index in [2.05, 4.69) is 5.32 Å².